The van der Waals surface area contributed by atoms with E-state index in [1.807, 2.05) is 0 Å². The minimum atomic E-state index is -0.767. The molecule has 0 fully saturated rings. The molecule has 0 amide bonds. The van der Waals surface area contributed by atoms with Gasteiger partial charge in [0, 0.05) is 13.2 Å². The fraction of sp³-hybridized carbons (Fsp3) is 1.00. The summed E-state index contributed by atoms with van der Waals surface area (Å²) in [6.07, 6.45) is 3.89. The van der Waals surface area contributed by atoms with Crippen molar-refractivity contribution in [2.45, 2.75) is 38.9 Å². The monoisotopic (exact) mass is 161 g/mol. The summed E-state index contributed by atoms with van der Waals surface area (Å²) in [5.74, 6) is 0. The Kier molecular flexibility index (Phi) is 7.89. The number of rotatable bonds is 7. The number of aliphatic hydroxyl groups is 1. The molecule has 0 spiro atoms. The van der Waals surface area contributed by atoms with E-state index in [4.69, 9.17) is 15.6 Å². The molecular formula is C8H19NO2. The van der Waals surface area contributed by atoms with Crippen LogP contribution in [0, 0.1) is 0 Å². The van der Waals surface area contributed by atoms with Crippen LogP contribution in [0.2, 0.25) is 0 Å². The molecule has 0 heterocycles. The Morgan fingerprint density at radius 3 is 2.64 bits per heavy atom. The maximum atomic E-state index is 8.87. The van der Waals surface area contributed by atoms with Gasteiger partial charge in [-0.3, -0.25) is 0 Å². The van der Waals surface area contributed by atoms with Crippen LogP contribution in [-0.2, 0) is 4.74 Å². The van der Waals surface area contributed by atoms with Crippen LogP contribution in [0.1, 0.15) is 32.6 Å². The minimum Gasteiger partial charge on any atom is -0.367 e. The minimum absolute atomic E-state index is 0.188. The van der Waals surface area contributed by atoms with Gasteiger partial charge in [-0.15, -0.1) is 0 Å². The van der Waals surface area contributed by atoms with Gasteiger partial charge in [0.2, 0.25) is 0 Å². The van der Waals surface area contributed by atoms with E-state index in [1.54, 1.807) is 0 Å². The van der Waals surface area contributed by atoms with E-state index in [-0.39, 0.29) is 6.54 Å². The third-order valence-electron chi connectivity index (χ3n) is 1.51. The van der Waals surface area contributed by atoms with Gasteiger partial charge in [-0.25, -0.2) is 0 Å². The molecule has 3 N–H and O–H groups in total. The lowest BCUT2D eigenvalue weighted by Gasteiger charge is -2.08. The van der Waals surface area contributed by atoms with E-state index in [0.717, 1.165) is 6.42 Å². The molecule has 0 radical (unpaired) electrons. The molecule has 0 aromatic heterocycles. The zero-order valence-electron chi connectivity index (χ0n) is 7.25. The second kappa shape index (κ2) is 7.98. The first-order valence-electron chi connectivity index (χ1n) is 4.31. The lowest BCUT2D eigenvalue weighted by atomic mass is 10.2. The van der Waals surface area contributed by atoms with E-state index in [2.05, 4.69) is 6.92 Å². The van der Waals surface area contributed by atoms with Crippen molar-refractivity contribution in [1.29, 1.82) is 0 Å². The molecular weight excluding hydrogens is 142 g/mol. The van der Waals surface area contributed by atoms with E-state index >= 15 is 0 Å². The van der Waals surface area contributed by atoms with Crippen LogP contribution in [0.15, 0.2) is 0 Å². The van der Waals surface area contributed by atoms with Gasteiger partial charge in [0.05, 0.1) is 0 Å². The fourth-order valence-corrected chi connectivity index (χ4v) is 0.816. The molecule has 11 heavy (non-hydrogen) atoms. The molecule has 1 unspecified atom stereocenters. The molecule has 0 aliphatic heterocycles. The highest BCUT2D eigenvalue weighted by molar-refractivity contribution is 4.42. The molecule has 0 rings (SSSR count). The van der Waals surface area contributed by atoms with Gasteiger partial charge in [-0.2, -0.15) is 0 Å². The Labute approximate surface area is 68.5 Å². The maximum Gasteiger partial charge on any atom is 0.166 e. The summed E-state index contributed by atoms with van der Waals surface area (Å²) in [4.78, 5) is 0. The van der Waals surface area contributed by atoms with Crippen molar-refractivity contribution in [1.82, 2.24) is 0 Å². The lowest BCUT2D eigenvalue weighted by molar-refractivity contribution is -0.0921. The lowest BCUT2D eigenvalue weighted by Crippen LogP contribution is -2.23. The molecule has 3 nitrogen and oxygen atoms in total. The van der Waals surface area contributed by atoms with Crippen molar-refractivity contribution in [3.63, 3.8) is 0 Å². The van der Waals surface area contributed by atoms with Crippen molar-refractivity contribution >= 4 is 0 Å². The predicted octanol–water partition coefficient (Wildman–Crippen LogP) is 0.860. The molecule has 0 bridgehead atoms. The van der Waals surface area contributed by atoms with Crippen LogP contribution in [-0.4, -0.2) is 24.5 Å². The van der Waals surface area contributed by atoms with Crippen molar-refractivity contribution in [2.24, 2.45) is 5.73 Å². The third-order valence-corrected chi connectivity index (χ3v) is 1.51. The van der Waals surface area contributed by atoms with Gasteiger partial charge < -0.3 is 15.6 Å². The second-order valence-electron chi connectivity index (χ2n) is 2.62. The smallest absolute Gasteiger partial charge is 0.166 e. The first-order valence-corrected chi connectivity index (χ1v) is 4.31. The van der Waals surface area contributed by atoms with Gasteiger partial charge in [0.15, 0.2) is 6.29 Å². The number of aliphatic hydroxyl groups excluding tert-OH is 1. The highest BCUT2D eigenvalue weighted by atomic mass is 16.6. The summed E-state index contributed by atoms with van der Waals surface area (Å²) in [5.41, 5.74) is 5.14. The first-order chi connectivity index (χ1) is 5.31. The van der Waals surface area contributed by atoms with Gasteiger partial charge in [0.1, 0.15) is 0 Å². The van der Waals surface area contributed by atoms with Gasteiger partial charge in [-0.1, -0.05) is 26.2 Å². The molecule has 0 aromatic carbocycles. The van der Waals surface area contributed by atoms with E-state index in [1.165, 1.54) is 19.3 Å². The van der Waals surface area contributed by atoms with Gasteiger partial charge in [-0.05, 0) is 6.42 Å². The Morgan fingerprint density at radius 2 is 2.09 bits per heavy atom. The first kappa shape index (κ1) is 10.9. The summed E-state index contributed by atoms with van der Waals surface area (Å²) < 4.78 is 4.97. The normalized spacial score (nSPS) is 13.4. The van der Waals surface area contributed by atoms with Crippen molar-refractivity contribution in [3.8, 4) is 0 Å². The van der Waals surface area contributed by atoms with Crippen LogP contribution >= 0.6 is 0 Å². The van der Waals surface area contributed by atoms with Gasteiger partial charge >= 0.3 is 0 Å². The highest BCUT2D eigenvalue weighted by Gasteiger charge is 1.98. The number of ether oxygens (including phenoxy) is 1. The summed E-state index contributed by atoms with van der Waals surface area (Å²) in [7, 11) is 0. The SMILES string of the molecule is CCCCCCOC(O)CN. The standard InChI is InChI=1S/C8H19NO2/c1-2-3-4-5-6-11-8(10)7-9/h8,10H,2-7,9H2,1H3. The van der Waals surface area contributed by atoms with E-state index in [0.29, 0.717) is 6.61 Å². The maximum absolute atomic E-state index is 8.87. The highest BCUT2D eigenvalue weighted by Crippen LogP contribution is 1.99. The van der Waals surface area contributed by atoms with Crippen molar-refractivity contribution in [2.75, 3.05) is 13.2 Å². The topological polar surface area (TPSA) is 55.5 Å². The number of unbranched alkanes of at least 4 members (excludes halogenated alkanes) is 3. The fourth-order valence-electron chi connectivity index (χ4n) is 0.816. The van der Waals surface area contributed by atoms with Crippen LogP contribution in [0.5, 0.6) is 0 Å². The molecule has 3 heteroatoms. The molecule has 0 aliphatic carbocycles. The molecule has 0 saturated carbocycles. The van der Waals surface area contributed by atoms with E-state index in [9.17, 15) is 0 Å². The van der Waals surface area contributed by atoms with Crippen molar-refractivity contribution in [3.05, 3.63) is 0 Å². The van der Waals surface area contributed by atoms with Crippen LogP contribution < -0.4 is 5.73 Å². The summed E-state index contributed by atoms with van der Waals surface area (Å²) in [6, 6.07) is 0. The summed E-state index contributed by atoms with van der Waals surface area (Å²) in [5, 5.41) is 8.87. The summed E-state index contributed by atoms with van der Waals surface area (Å²) in [6.45, 7) is 2.97. The molecule has 1 atom stereocenters. The summed E-state index contributed by atoms with van der Waals surface area (Å²) >= 11 is 0. The Hall–Kier alpha value is -0.120. The van der Waals surface area contributed by atoms with Crippen LogP contribution in [0.4, 0.5) is 0 Å². The Morgan fingerprint density at radius 1 is 1.36 bits per heavy atom. The quantitative estimate of drug-likeness (QED) is 0.430. The average molecular weight is 161 g/mol. The Balaban J connectivity index is 2.89. The van der Waals surface area contributed by atoms with Crippen LogP contribution in [0.3, 0.4) is 0 Å². The third kappa shape index (κ3) is 7.78. The van der Waals surface area contributed by atoms with Crippen molar-refractivity contribution < 1.29 is 9.84 Å². The number of hydrogen-bond donors (Lipinski definition) is 2. The largest absolute Gasteiger partial charge is 0.367 e. The van der Waals surface area contributed by atoms with Gasteiger partial charge in [0.25, 0.3) is 0 Å². The molecule has 68 valence electrons. The van der Waals surface area contributed by atoms with Crippen LogP contribution in [0.25, 0.3) is 0 Å². The van der Waals surface area contributed by atoms with E-state index < -0.39 is 6.29 Å². The molecule has 0 saturated heterocycles. The zero-order valence-corrected chi connectivity index (χ0v) is 7.25. The molecule has 0 aliphatic rings. The average Bonchev–Trinajstić information content (AvgIpc) is 2.04. The predicted molar refractivity (Wildman–Crippen MR) is 45.2 cm³/mol. The zero-order chi connectivity index (χ0) is 8.53. The Bertz CT molecular complexity index is 78.5. The number of nitrogens with two attached hydrogens (primary N) is 1. The number of hydrogen-bond acceptors (Lipinski definition) is 3. The second-order valence-corrected chi connectivity index (χ2v) is 2.62. The molecule has 0 aromatic rings.